The van der Waals surface area contributed by atoms with Crippen LogP contribution in [0.2, 0.25) is 0 Å². The first kappa shape index (κ1) is 17.8. The Hall–Kier alpha value is -2.02. The van der Waals surface area contributed by atoms with E-state index in [0.717, 1.165) is 18.5 Å². The largest absolute Gasteiger partial charge is 0.384 e. The Balaban J connectivity index is 1.92. The summed E-state index contributed by atoms with van der Waals surface area (Å²) in [5.41, 5.74) is 1.29. The van der Waals surface area contributed by atoms with Crippen LogP contribution in [0.15, 0.2) is 18.6 Å². The van der Waals surface area contributed by atoms with E-state index in [-0.39, 0.29) is 11.2 Å². The minimum Gasteiger partial charge on any atom is -0.384 e. The van der Waals surface area contributed by atoms with Crippen molar-refractivity contribution in [3.05, 3.63) is 35.8 Å². The molecule has 6 nitrogen and oxygen atoms in total. The highest BCUT2D eigenvalue weighted by molar-refractivity contribution is 5.41. The van der Waals surface area contributed by atoms with Gasteiger partial charge in [-0.15, -0.1) is 0 Å². The van der Waals surface area contributed by atoms with E-state index in [1.807, 2.05) is 24.2 Å². The van der Waals surface area contributed by atoms with Gasteiger partial charge in [0, 0.05) is 32.3 Å². The van der Waals surface area contributed by atoms with Gasteiger partial charge in [0.2, 0.25) is 0 Å². The molecule has 0 aromatic carbocycles. The third-order valence-electron chi connectivity index (χ3n) is 5.01. The van der Waals surface area contributed by atoms with Crippen LogP contribution in [0, 0.1) is 18.2 Å². The lowest BCUT2D eigenvalue weighted by Crippen LogP contribution is -2.40. The Morgan fingerprint density at radius 3 is 2.72 bits per heavy atom. The Bertz CT molecular complexity index is 711. The van der Waals surface area contributed by atoms with Crippen molar-refractivity contribution in [2.24, 2.45) is 12.5 Å². The number of hydrogen-bond donors (Lipinski definition) is 0. The molecule has 0 saturated heterocycles. The molecule has 0 radical (unpaired) electrons. The van der Waals surface area contributed by atoms with Gasteiger partial charge in [-0.2, -0.15) is 5.10 Å². The van der Waals surface area contributed by atoms with Gasteiger partial charge in [-0.3, -0.25) is 4.68 Å². The van der Waals surface area contributed by atoms with Crippen molar-refractivity contribution in [1.82, 2.24) is 19.7 Å². The van der Waals surface area contributed by atoms with E-state index in [4.69, 9.17) is 4.74 Å². The fourth-order valence-electron chi connectivity index (χ4n) is 3.80. The zero-order valence-corrected chi connectivity index (χ0v) is 15.2. The summed E-state index contributed by atoms with van der Waals surface area (Å²) in [7, 11) is 3.62. The Kier molecular flexibility index (Phi) is 5.32. The van der Waals surface area contributed by atoms with Crippen LogP contribution >= 0.6 is 0 Å². The standard InChI is InChI=1S/C18H26FN5O/c1-14-16(19)17(21-13-20-14)24(10-15-6-9-23(2)22-15)11-18(12-25-3)7-4-5-8-18/h6,9,13H,4-5,7-8,10-12H2,1-3H3. The summed E-state index contributed by atoms with van der Waals surface area (Å²) < 4.78 is 22.0. The topological polar surface area (TPSA) is 56.1 Å². The van der Waals surface area contributed by atoms with E-state index >= 15 is 0 Å². The number of halogens is 1. The summed E-state index contributed by atoms with van der Waals surface area (Å²) in [4.78, 5) is 10.2. The molecular formula is C18H26FN5O. The average molecular weight is 347 g/mol. The highest BCUT2D eigenvalue weighted by atomic mass is 19.1. The number of aryl methyl sites for hydroxylation is 2. The van der Waals surface area contributed by atoms with Gasteiger partial charge in [0.15, 0.2) is 11.6 Å². The molecule has 136 valence electrons. The zero-order valence-electron chi connectivity index (χ0n) is 15.2. The minimum absolute atomic E-state index is 0.0365. The first-order chi connectivity index (χ1) is 12.0. The molecule has 25 heavy (non-hydrogen) atoms. The zero-order chi connectivity index (χ0) is 17.9. The lowest BCUT2D eigenvalue weighted by Gasteiger charge is -2.35. The van der Waals surface area contributed by atoms with Crippen molar-refractivity contribution in [3.8, 4) is 0 Å². The lowest BCUT2D eigenvalue weighted by atomic mass is 9.86. The first-order valence-electron chi connectivity index (χ1n) is 8.72. The van der Waals surface area contributed by atoms with E-state index in [1.54, 1.807) is 18.7 Å². The maximum absolute atomic E-state index is 14.7. The number of ether oxygens (including phenoxy) is 1. The number of methoxy groups -OCH3 is 1. The molecule has 3 rings (SSSR count). The van der Waals surface area contributed by atoms with Crippen molar-refractivity contribution in [2.45, 2.75) is 39.2 Å². The van der Waals surface area contributed by atoms with Crippen molar-refractivity contribution >= 4 is 5.82 Å². The lowest BCUT2D eigenvalue weighted by molar-refractivity contribution is 0.0871. The molecule has 0 spiro atoms. The van der Waals surface area contributed by atoms with Crippen LogP contribution < -0.4 is 4.90 Å². The number of aromatic nitrogens is 4. The van der Waals surface area contributed by atoms with Crippen LogP contribution in [0.3, 0.4) is 0 Å². The van der Waals surface area contributed by atoms with E-state index in [9.17, 15) is 4.39 Å². The fourth-order valence-corrected chi connectivity index (χ4v) is 3.80. The van der Waals surface area contributed by atoms with E-state index < -0.39 is 0 Å². The number of anilines is 1. The number of rotatable bonds is 7. The minimum atomic E-state index is -0.357. The van der Waals surface area contributed by atoms with Gasteiger partial charge in [0.1, 0.15) is 6.33 Å². The van der Waals surface area contributed by atoms with Crippen molar-refractivity contribution in [3.63, 3.8) is 0 Å². The van der Waals surface area contributed by atoms with Crippen molar-refractivity contribution in [2.75, 3.05) is 25.2 Å². The van der Waals surface area contributed by atoms with E-state index in [2.05, 4.69) is 15.1 Å². The molecule has 1 aliphatic rings. The summed E-state index contributed by atoms with van der Waals surface area (Å²) in [5.74, 6) is -0.00970. The monoisotopic (exact) mass is 347 g/mol. The summed E-state index contributed by atoms with van der Waals surface area (Å²) in [6, 6.07) is 1.95. The highest BCUT2D eigenvalue weighted by Crippen LogP contribution is 2.40. The second-order valence-electron chi connectivity index (χ2n) is 7.07. The number of nitrogens with zero attached hydrogens (tertiary/aromatic N) is 5. The molecule has 0 aliphatic heterocycles. The van der Waals surface area contributed by atoms with Gasteiger partial charge < -0.3 is 9.64 Å². The molecule has 1 saturated carbocycles. The van der Waals surface area contributed by atoms with Crippen LogP contribution in [0.4, 0.5) is 10.2 Å². The third kappa shape index (κ3) is 3.98. The predicted molar refractivity (Wildman–Crippen MR) is 93.8 cm³/mol. The third-order valence-corrected chi connectivity index (χ3v) is 5.01. The molecular weight excluding hydrogens is 321 g/mol. The Morgan fingerprint density at radius 2 is 2.08 bits per heavy atom. The van der Waals surface area contributed by atoms with Crippen LogP contribution in [-0.2, 0) is 18.3 Å². The predicted octanol–water partition coefficient (Wildman–Crippen LogP) is 2.87. The maximum Gasteiger partial charge on any atom is 0.186 e. The van der Waals surface area contributed by atoms with Crippen LogP contribution in [0.5, 0.6) is 0 Å². The molecule has 2 aromatic rings. The van der Waals surface area contributed by atoms with Gasteiger partial charge in [0.05, 0.1) is 24.5 Å². The van der Waals surface area contributed by atoms with Gasteiger partial charge in [-0.1, -0.05) is 12.8 Å². The maximum atomic E-state index is 14.7. The number of hydrogen-bond acceptors (Lipinski definition) is 5. The van der Waals surface area contributed by atoms with Crippen LogP contribution in [0.1, 0.15) is 37.1 Å². The molecule has 1 fully saturated rings. The highest BCUT2D eigenvalue weighted by Gasteiger charge is 2.37. The fraction of sp³-hybridized carbons (Fsp3) is 0.611. The quantitative estimate of drug-likeness (QED) is 0.771. The normalized spacial score (nSPS) is 16.3. The van der Waals surface area contributed by atoms with Crippen LogP contribution in [0.25, 0.3) is 0 Å². The summed E-state index contributed by atoms with van der Waals surface area (Å²) in [6.45, 7) is 3.56. The molecule has 2 aromatic heterocycles. The summed E-state index contributed by atoms with van der Waals surface area (Å²) >= 11 is 0. The SMILES string of the molecule is COCC1(CN(Cc2ccn(C)n2)c2ncnc(C)c2F)CCCC1. The van der Waals surface area contributed by atoms with E-state index in [1.165, 1.54) is 19.2 Å². The molecule has 2 heterocycles. The van der Waals surface area contributed by atoms with Gasteiger partial charge in [-0.25, -0.2) is 14.4 Å². The Labute approximate surface area is 148 Å². The van der Waals surface area contributed by atoms with Gasteiger partial charge in [-0.05, 0) is 25.8 Å². The van der Waals surface area contributed by atoms with Crippen LogP contribution in [-0.4, -0.2) is 40.0 Å². The molecule has 0 bridgehead atoms. The second kappa shape index (κ2) is 7.47. The molecule has 0 amide bonds. The van der Waals surface area contributed by atoms with Gasteiger partial charge in [0.25, 0.3) is 0 Å². The molecule has 0 N–H and O–H groups in total. The molecule has 7 heteroatoms. The Morgan fingerprint density at radius 1 is 1.32 bits per heavy atom. The van der Waals surface area contributed by atoms with Gasteiger partial charge >= 0.3 is 0 Å². The average Bonchev–Trinajstić information content (AvgIpc) is 3.19. The first-order valence-corrected chi connectivity index (χ1v) is 8.72. The van der Waals surface area contributed by atoms with E-state index in [0.29, 0.717) is 31.2 Å². The smallest absolute Gasteiger partial charge is 0.186 e. The molecule has 0 unspecified atom stereocenters. The molecule has 1 aliphatic carbocycles. The molecule has 0 atom stereocenters. The summed E-state index contributed by atoms with van der Waals surface area (Å²) in [6.07, 6.45) is 7.88. The van der Waals surface area contributed by atoms with Crippen molar-refractivity contribution in [1.29, 1.82) is 0 Å². The van der Waals surface area contributed by atoms with Crippen molar-refractivity contribution < 1.29 is 9.13 Å². The summed E-state index contributed by atoms with van der Waals surface area (Å²) in [5, 5.41) is 4.45. The second-order valence-corrected chi connectivity index (χ2v) is 7.07.